The van der Waals surface area contributed by atoms with E-state index in [-0.39, 0.29) is 37.1 Å². The van der Waals surface area contributed by atoms with Crippen molar-refractivity contribution in [2.75, 3.05) is 0 Å². The van der Waals surface area contributed by atoms with Crippen molar-refractivity contribution in [1.82, 2.24) is 4.98 Å². The molecule has 0 spiro atoms. The van der Waals surface area contributed by atoms with Gasteiger partial charge in [-0.05, 0) is 17.7 Å². The largest absolute Gasteiger partial charge is 0.512 e. The number of aryl methyl sites for hydroxylation is 1. The molecule has 0 aliphatic heterocycles. The fraction of sp³-hybridized carbons (Fsp3) is 0.448. The van der Waals surface area contributed by atoms with Gasteiger partial charge in [-0.3, -0.25) is 9.78 Å². The zero-order valence-electron chi connectivity index (χ0n) is 21.9. The molecule has 1 N–H and O–H groups in total. The van der Waals surface area contributed by atoms with Gasteiger partial charge >= 0.3 is 0 Å². The molecule has 2 heterocycles. The number of nitrogens with zero attached hydrogens (tertiary/aromatic N) is 1. The van der Waals surface area contributed by atoms with Gasteiger partial charge in [-0.2, -0.15) is 0 Å². The van der Waals surface area contributed by atoms with Crippen molar-refractivity contribution in [2.24, 2.45) is 10.8 Å². The topological polar surface area (TPSA) is 63.3 Å². The standard InChI is InChI=1S/C18H18NO.C11H20O2.Ir/c1-4-13(3)14-9-12(2)10-15(11-14)16-5-6-18-17(19-16)7-8-20-18;1-10(2,3)8(12)7-9(13)11(4,5)6;/h5-9,11,13H,4H2,1-3H3;7,12H,1-6H3;/q-1;;/b;8-7-;. The van der Waals surface area contributed by atoms with Crippen molar-refractivity contribution in [1.29, 1.82) is 0 Å². The molecule has 1 radical (unpaired) electrons. The zero-order valence-corrected chi connectivity index (χ0v) is 24.3. The Balaban J connectivity index is 0.000000364. The van der Waals surface area contributed by atoms with Gasteiger partial charge in [-0.1, -0.05) is 74.8 Å². The molecular weight excluding hydrogens is 603 g/mol. The predicted octanol–water partition coefficient (Wildman–Crippen LogP) is 8.20. The fourth-order valence-electron chi connectivity index (χ4n) is 2.96. The third kappa shape index (κ3) is 8.21. The van der Waals surface area contributed by atoms with Gasteiger partial charge in [0, 0.05) is 43.1 Å². The SMILES string of the molecule is CC(C)(C)C(=O)/C=C(\O)C(C)(C)C.CCC(C)c1cc(C)[c-]c(-c2ccc3occc3n2)c1.[Ir]. The summed E-state index contributed by atoms with van der Waals surface area (Å²) in [7, 11) is 0. The molecule has 0 aliphatic carbocycles. The average molecular weight is 641 g/mol. The molecule has 0 bridgehead atoms. The minimum Gasteiger partial charge on any atom is -0.512 e. The number of fused-ring (bicyclic) bond motifs is 1. The molecule has 3 rings (SSSR count). The normalized spacial score (nSPS) is 13.0. The van der Waals surface area contributed by atoms with Crippen LogP contribution in [0.2, 0.25) is 0 Å². The van der Waals surface area contributed by atoms with Gasteiger partial charge in [-0.15, -0.1) is 34.9 Å². The zero-order chi connectivity index (χ0) is 25.0. The third-order valence-corrected chi connectivity index (χ3v) is 5.57. The molecule has 0 saturated carbocycles. The summed E-state index contributed by atoms with van der Waals surface area (Å²) in [5.41, 5.74) is 5.47. The van der Waals surface area contributed by atoms with E-state index >= 15 is 0 Å². The molecule has 3 aromatic rings. The first kappa shape index (κ1) is 29.8. The summed E-state index contributed by atoms with van der Waals surface area (Å²) in [6.07, 6.45) is 4.14. The van der Waals surface area contributed by atoms with E-state index in [0.717, 1.165) is 34.3 Å². The second-order valence-electron chi connectivity index (χ2n) is 10.7. The first-order valence-electron chi connectivity index (χ1n) is 11.6. The Labute approximate surface area is 218 Å². The molecule has 0 saturated heterocycles. The van der Waals surface area contributed by atoms with Crippen LogP contribution in [0.4, 0.5) is 0 Å². The summed E-state index contributed by atoms with van der Waals surface area (Å²) in [5.74, 6) is 0.659. The van der Waals surface area contributed by atoms with Gasteiger partial charge in [0.1, 0.15) is 5.76 Å². The van der Waals surface area contributed by atoms with Crippen LogP contribution in [0.1, 0.15) is 78.9 Å². The number of carbonyl (C=O) groups is 1. The third-order valence-electron chi connectivity index (χ3n) is 5.57. The van der Waals surface area contributed by atoms with E-state index in [4.69, 9.17) is 4.42 Å². The first-order valence-corrected chi connectivity index (χ1v) is 11.6. The molecule has 0 amide bonds. The molecular formula is C29H38IrNO3-. The van der Waals surface area contributed by atoms with Gasteiger partial charge in [0.25, 0.3) is 0 Å². The van der Waals surface area contributed by atoms with E-state index in [1.165, 1.54) is 11.6 Å². The Hall–Kier alpha value is -2.23. The van der Waals surface area contributed by atoms with Gasteiger partial charge in [0.2, 0.25) is 0 Å². The minimum absolute atomic E-state index is 0. The second-order valence-corrected chi connectivity index (χ2v) is 10.7. The van der Waals surface area contributed by atoms with Crippen molar-refractivity contribution >= 4 is 16.9 Å². The number of pyridine rings is 1. The van der Waals surface area contributed by atoms with Crippen molar-refractivity contribution in [2.45, 2.75) is 74.7 Å². The molecule has 5 heteroatoms. The molecule has 187 valence electrons. The van der Waals surface area contributed by atoms with Gasteiger partial charge in [0.15, 0.2) is 11.4 Å². The van der Waals surface area contributed by atoms with Crippen LogP contribution in [-0.4, -0.2) is 15.9 Å². The van der Waals surface area contributed by atoms with Crippen LogP contribution in [0.5, 0.6) is 0 Å². The number of aromatic nitrogens is 1. The maximum atomic E-state index is 11.5. The fourth-order valence-corrected chi connectivity index (χ4v) is 2.96. The van der Waals surface area contributed by atoms with Crippen molar-refractivity contribution in [3.05, 3.63) is 65.6 Å². The summed E-state index contributed by atoms with van der Waals surface area (Å²) < 4.78 is 5.34. The van der Waals surface area contributed by atoms with Gasteiger partial charge in [-0.25, -0.2) is 0 Å². The van der Waals surface area contributed by atoms with Crippen LogP contribution < -0.4 is 0 Å². The average Bonchev–Trinajstić information content (AvgIpc) is 3.19. The van der Waals surface area contributed by atoms with Crippen molar-refractivity contribution < 1.29 is 34.4 Å². The summed E-state index contributed by atoms with van der Waals surface area (Å²) in [6, 6.07) is 13.7. The summed E-state index contributed by atoms with van der Waals surface area (Å²) in [4.78, 5) is 16.1. The quantitative estimate of drug-likeness (QED) is 0.177. The monoisotopic (exact) mass is 641 g/mol. The number of rotatable bonds is 4. The number of aliphatic hydroxyl groups is 1. The van der Waals surface area contributed by atoms with Crippen LogP contribution in [0.15, 0.2) is 52.8 Å². The maximum absolute atomic E-state index is 11.5. The number of allylic oxidation sites excluding steroid dienone is 2. The summed E-state index contributed by atoms with van der Waals surface area (Å²) >= 11 is 0. The van der Waals surface area contributed by atoms with Crippen LogP contribution in [-0.2, 0) is 24.9 Å². The number of carbonyl (C=O) groups excluding carboxylic acids is 1. The van der Waals surface area contributed by atoms with Gasteiger partial charge in [0.05, 0.1) is 11.8 Å². The number of furan rings is 1. The molecule has 34 heavy (non-hydrogen) atoms. The van der Waals surface area contributed by atoms with Crippen LogP contribution in [0.25, 0.3) is 22.4 Å². The molecule has 2 aromatic heterocycles. The molecule has 1 aromatic carbocycles. The number of aliphatic hydroxyl groups excluding tert-OH is 1. The summed E-state index contributed by atoms with van der Waals surface area (Å²) in [6.45, 7) is 17.7. The van der Waals surface area contributed by atoms with Crippen LogP contribution >= 0.6 is 0 Å². The Morgan fingerprint density at radius 3 is 2.32 bits per heavy atom. The van der Waals surface area contributed by atoms with Gasteiger partial charge < -0.3 is 9.52 Å². The smallest absolute Gasteiger partial charge is 0.164 e. The molecule has 1 unspecified atom stereocenters. The maximum Gasteiger partial charge on any atom is 0.164 e. The Bertz CT molecular complexity index is 1130. The Morgan fingerprint density at radius 1 is 1.12 bits per heavy atom. The number of hydrogen-bond donors (Lipinski definition) is 1. The summed E-state index contributed by atoms with van der Waals surface area (Å²) in [5, 5.41) is 9.56. The number of benzene rings is 1. The molecule has 0 aliphatic rings. The van der Waals surface area contributed by atoms with E-state index in [1.807, 2.05) is 59.7 Å². The predicted molar refractivity (Wildman–Crippen MR) is 136 cm³/mol. The first-order chi connectivity index (χ1) is 15.2. The molecule has 4 nitrogen and oxygen atoms in total. The number of hydrogen-bond acceptors (Lipinski definition) is 4. The van der Waals surface area contributed by atoms with E-state index in [0.29, 0.717) is 5.92 Å². The number of ketones is 1. The Morgan fingerprint density at radius 2 is 1.76 bits per heavy atom. The second kappa shape index (κ2) is 11.9. The van der Waals surface area contributed by atoms with Crippen LogP contribution in [0.3, 0.4) is 0 Å². The van der Waals surface area contributed by atoms with Crippen molar-refractivity contribution in [3.63, 3.8) is 0 Å². The minimum atomic E-state index is -0.417. The molecule has 1 atom stereocenters. The van der Waals surface area contributed by atoms with Crippen molar-refractivity contribution in [3.8, 4) is 11.3 Å². The Kier molecular flexibility index (Phi) is 10.5. The van der Waals surface area contributed by atoms with E-state index in [1.54, 1.807) is 6.26 Å². The van der Waals surface area contributed by atoms with E-state index in [2.05, 4.69) is 44.0 Å². The van der Waals surface area contributed by atoms with E-state index < -0.39 is 5.41 Å². The van der Waals surface area contributed by atoms with E-state index in [9.17, 15) is 9.90 Å². The molecule has 0 fully saturated rings. The van der Waals surface area contributed by atoms with Crippen LogP contribution in [0, 0.1) is 23.8 Å².